The summed E-state index contributed by atoms with van der Waals surface area (Å²) in [6.07, 6.45) is 5.10. The van der Waals surface area contributed by atoms with E-state index in [1.807, 2.05) is 44.5 Å². The summed E-state index contributed by atoms with van der Waals surface area (Å²) in [6, 6.07) is 5.72. The van der Waals surface area contributed by atoms with Crippen LogP contribution in [0.25, 0.3) is 11.4 Å². The Kier molecular flexibility index (Phi) is 5.36. The van der Waals surface area contributed by atoms with Gasteiger partial charge in [-0.05, 0) is 32.9 Å². The molecule has 0 saturated heterocycles. The molecule has 3 aromatic heterocycles. The second-order valence-corrected chi connectivity index (χ2v) is 7.41. The Morgan fingerprint density at radius 2 is 1.85 bits per heavy atom. The van der Waals surface area contributed by atoms with Crippen molar-refractivity contribution in [3.05, 3.63) is 36.8 Å². The predicted molar refractivity (Wildman–Crippen MR) is 101 cm³/mol. The van der Waals surface area contributed by atoms with Gasteiger partial charge in [-0.2, -0.15) is 5.10 Å². The first-order chi connectivity index (χ1) is 12.5. The largest absolute Gasteiger partial charge is 0.310 e. The van der Waals surface area contributed by atoms with Gasteiger partial charge in [-0.1, -0.05) is 11.8 Å². The molecular formula is C17H21N7OS. The van der Waals surface area contributed by atoms with Gasteiger partial charge in [-0.3, -0.25) is 9.78 Å². The van der Waals surface area contributed by atoms with E-state index in [4.69, 9.17) is 0 Å². The van der Waals surface area contributed by atoms with Crippen molar-refractivity contribution in [2.45, 2.75) is 37.2 Å². The summed E-state index contributed by atoms with van der Waals surface area (Å²) < 4.78 is 3.65. The predicted octanol–water partition coefficient (Wildman–Crippen LogP) is 2.77. The molecule has 0 fully saturated rings. The molecule has 0 aromatic carbocycles. The normalized spacial score (nSPS) is 12.3. The lowest BCUT2D eigenvalue weighted by atomic mass is 10.2. The minimum Gasteiger partial charge on any atom is -0.310 e. The standard InChI is InChI=1S/C17H21N7OS/c1-11(2)24-14(7-10-19-24)20-16(25)12(3)26-17-22-21-15(23(17)4)13-5-8-18-9-6-13/h5-12H,1-4H3,(H,20,25)/t12-/m1/s1. The molecule has 1 N–H and O–H groups in total. The van der Waals surface area contributed by atoms with Gasteiger partial charge in [0.15, 0.2) is 11.0 Å². The molecular weight excluding hydrogens is 350 g/mol. The molecule has 26 heavy (non-hydrogen) atoms. The quantitative estimate of drug-likeness (QED) is 0.670. The van der Waals surface area contributed by atoms with Crippen LogP contribution >= 0.6 is 11.8 Å². The van der Waals surface area contributed by atoms with Gasteiger partial charge in [0, 0.05) is 37.1 Å². The molecule has 0 radical (unpaired) electrons. The number of nitrogens with one attached hydrogen (secondary N) is 1. The fourth-order valence-electron chi connectivity index (χ4n) is 2.43. The molecule has 1 atom stereocenters. The first kappa shape index (κ1) is 18.1. The molecule has 0 saturated carbocycles. The minimum atomic E-state index is -0.335. The van der Waals surface area contributed by atoms with Gasteiger partial charge < -0.3 is 9.88 Å². The lowest BCUT2D eigenvalue weighted by molar-refractivity contribution is -0.115. The van der Waals surface area contributed by atoms with Crippen LogP contribution in [0.15, 0.2) is 41.9 Å². The monoisotopic (exact) mass is 371 g/mol. The van der Waals surface area contributed by atoms with Crippen molar-refractivity contribution in [1.29, 1.82) is 0 Å². The van der Waals surface area contributed by atoms with Crippen molar-refractivity contribution in [2.75, 3.05) is 5.32 Å². The lowest BCUT2D eigenvalue weighted by Gasteiger charge is -2.14. The topological polar surface area (TPSA) is 90.5 Å². The Morgan fingerprint density at radius 3 is 2.54 bits per heavy atom. The summed E-state index contributed by atoms with van der Waals surface area (Å²) in [4.78, 5) is 16.5. The molecule has 9 heteroatoms. The van der Waals surface area contributed by atoms with Crippen LogP contribution in [0, 0.1) is 0 Å². The van der Waals surface area contributed by atoms with E-state index >= 15 is 0 Å². The number of hydrogen-bond donors (Lipinski definition) is 1. The molecule has 0 spiro atoms. The molecule has 136 valence electrons. The summed E-state index contributed by atoms with van der Waals surface area (Å²) >= 11 is 1.36. The molecule has 0 aliphatic carbocycles. The van der Waals surface area contributed by atoms with E-state index in [1.165, 1.54) is 11.8 Å². The van der Waals surface area contributed by atoms with E-state index in [1.54, 1.807) is 29.3 Å². The average molecular weight is 371 g/mol. The highest BCUT2D eigenvalue weighted by molar-refractivity contribution is 8.00. The highest BCUT2D eigenvalue weighted by atomic mass is 32.2. The molecule has 3 rings (SSSR count). The van der Waals surface area contributed by atoms with E-state index in [0.717, 1.165) is 11.4 Å². The molecule has 0 bridgehead atoms. The lowest BCUT2D eigenvalue weighted by Crippen LogP contribution is -2.25. The number of hydrogen-bond acceptors (Lipinski definition) is 6. The van der Waals surface area contributed by atoms with Crippen molar-refractivity contribution in [1.82, 2.24) is 29.5 Å². The maximum Gasteiger partial charge on any atom is 0.238 e. The van der Waals surface area contributed by atoms with Gasteiger partial charge in [0.25, 0.3) is 0 Å². The van der Waals surface area contributed by atoms with Crippen LogP contribution in [0.4, 0.5) is 5.82 Å². The maximum atomic E-state index is 12.5. The number of aromatic nitrogens is 6. The Hall–Kier alpha value is -2.68. The third kappa shape index (κ3) is 3.77. The van der Waals surface area contributed by atoms with Crippen LogP contribution in [-0.4, -0.2) is 40.7 Å². The Bertz CT molecular complexity index is 888. The van der Waals surface area contributed by atoms with Gasteiger partial charge in [-0.25, -0.2) is 4.68 Å². The molecule has 0 unspecified atom stereocenters. The van der Waals surface area contributed by atoms with Crippen molar-refractivity contribution in [2.24, 2.45) is 7.05 Å². The smallest absolute Gasteiger partial charge is 0.238 e. The minimum absolute atomic E-state index is 0.106. The highest BCUT2D eigenvalue weighted by Crippen LogP contribution is 2.26. The van der Waals surface area contributed by atoms with Gasteiger partial charge in [-0.15, -0.1) is 10.2 Å². The fourth-order valence-corrected chi connectivity index (χ4v) is 3.25. The number of anilines is 1. The van der Waals surface area contributed by atoms with Crippen LogP contribution < -0.4 is 5.32 Å². The summed E-state index contributed by atoms with van der Waals surface area (Å²) in [5.41, 5.74) is 0.930. The summed E-state index contributed by atoms with van der Waals surface area (Å²) in [6.45, 7) is 5.87. The zero-order chi connectivity index (χ0) is 18.7. The summed E-state index contributed by atoms with van der Waals surface area (Å²) in [7, 11) is 1.89. The highest BCUT2D eigenvalue weighted by Gasteiger charge is 2.20. The van der Waals surface area contributed by atoms with Crippen LogP contribution in [0.2, 0.25) is 0 Å². The molecule has 1 amide bonds. The number of carbonyl (C=O) groups is 1. The number of thioether (sulfide) groups is 1. The molecule has 0 aliphatic rings. The van der Waals surface area contributed by atoms with E-state index in [9.17, 15) is 4.79 Å². The van der Waals surface area contributed by atoms with Crippen LogP contribution in [-0.2, 0) is 11.8 Å². The van der Waals surface area contributed by atoms with Gasteiger partial charge in [0.1, 0.15) is 5.82 Å². The van der Waals surface area contributed by atoms with Gasteiger partial charge in [0.05, 0.1) is 11.4 Å². The van der Waals surface area contributed by atoms with Crippen molar-refractivity contribution < 1.29 is 4.79 Å². The molecule has 3 aromatic rings. The zero-order valence-electron chi connectivity index (χ0n) is 15.1. The van der Waals surface area contributed by atoms with E-state index in [-0.39, 0.29) is 17.2 Å². The second-order valence-electron chi connectivity index (χ2n) is 6.11. The van der Waals surface area contributed by atoms with Crippen LogP contribution in [0.1, 0.15) is 26.8 Å². The molecule has 0 aliphatic heterocycles. The number of pyridine rings is 1. The third-order valence-corrected chi connectivity index (χ3v) is 4.97. The first-order valence-corrected chi connectivity index (χ1v) is 9.16. The maximum absolute atomic E-state index is 12.5. The van der Waals surface area contributed by atoms with Crippen molar-refractivity contribution >= 4 is 23.5 Å². The molecule has 8 nitrogen and oxygen atoms in total. The summed E-state index contributed by atoms with van der Waals surface area (Å²) in [5, 5.41) is 15.9. The zero-order valence-corrected chi connectivity index (χ0v) is 15.9. The van der Waals surface area contributed by atoms with Crippen molar-refractivity contribution in [3.63, 3.8) is 0 Å². The first-order valence-electron chi connectivity index (χ1n) is 8.28. The fraction of sp³-hybridized carbons (Fsp3) is 0.353. The van der Waals surface area contributed by atoms with Crippen molar-refractivity contribution in [3.8, 4) is 11.4 Å². The number of amides is 1. The third-order valence-electron chi connectivity index (χ3n) is 3.84. The SMILES string of the molecule is CC(C)n1nccc1NC(=O)[C@@H](C)Sc1nnc(-c2ccncc2)n1C. The number of rotatable bonds is 6. The van der Waals surface area contributed by atoms with E-state index < -0.39 is 0 Å². The second kappa shape index (κ2) is 7.69. The number of carbonyl (C=O) groups excluding carboxylic acids is 1. The summed E-state index contributed by atoms with van der Waals surface area (Å²) in [5.74, 6) is 1.32. The average Bonchev–Trinajstić information content (AvgIpc) is 3.23. The Morgan fingerprint density at radius 1 is 1.12 bits per heavy atom. The Labute approximate surface area is 156 Å². The van der Waals surface area contributed by atoms with Crippen LogP contribution in [0.3, 0.4) is 0 Å². The van der Waals surface area contributed by atoms with Gasteiger partial charge in [0.2, 0.25) is 5.91 Å². The van der Waals surface area contributed by atoms with E-state index in [0.29, 0.717) is 11.0 Å². The number of nitrogens with zero attached hydrogens (tertiary/aromatic N) is 6. The Balaban J connectivity index is 1.70. The van der Waals surface area contributed by atoms with Crippen LogP contribution in [0.5, 0.6) is 0 Å². The van der Waals surface area contributed by atoms with Gasteiger partial charge >= 0.3 is 0 Å². The molecule has 3 heterocycles. The van der Waals surface area contributed by atoms with E-state index in [2.05, 4.69) is 25.6 Å².